The minimum atomic E-state index is -0.352. The van der Waals surface area contributed by atoms with Gasteiger partial charge in [0, 0.05) is 31.1 Å². The highest BCUT2D eigenvalue weighted by Gasteiger charge is 2.19. The normalized spacial score (nSPS) is 16.8. The van der Waals surface area contributed by atoms with Crippen LogP contribution in [0.1, 0.15) is 40.9 Å². The molecule has 1 unspecified atom stereocenters. The first kappa shape index (κ1) is 19.9. The van der Waals surface area contributed by atoms with Gasteiger partial charge in [0.15, 0.2) is 0 Å². The first-order valence-electron chi connectivity index (χ1n) is 9.72. The summed E-state index contributed by atoms with van der Waals surface area (Å²) in [7, 11) is 0. The number of nitrogens with one attached hydrogen (secondary N) is 1. The van der Waals surface area contributed by atoms with E-state index in [1.807, 2.05) is 57.2 Å². The Morgan fingerprint density at radius 1 is 1.36 bits per heavy atom. The standard InChI is InChI=1S/C23H27N3O2/c1-16-7-4-5-8-19(16)14-25-23(27)21(13-24)12-20-11-17(2)26(18(20)3)15-22-9-6-10-28-22/h4-5,7-8,11-12,22H,6,9-10,14-15H2,1-3H3,(H,25,27)/b21-12+. The van der Waals surface area contributed by atoms with Crippen LogP contribution < -0.4 is 5.32 Å². The van der Waals surface area contributed by atoms with Gasteiger partial charge >= 0.3 is 0 Å². The zero-order chi connectivity index (χ0) is 20.1. The molecule has 3 rings (SSSR count). The summed E-state index contributed by atoms with van der Waals surface area (Å²) in [6, 6.07) is 12.0. The van der Waals surface area contributed by atoms with Crippen molar-refractivity contribution in [3.63, 3.8) is 0 Å². The molecule has 2 heterocycles. The molecule has 1 fully saturated rings. The molecule has 146 valence electrons. The van der Waals surface area contributed by atoms with Crippen LogP contribution in [0.4, 0.5) is 0 Å². The van der Waals surface area contributed by atoms with Crippen LogP contribution in [-0.2, 0) is 22.6 Å². The van der Waals surface area contributed by atoms with Crippen LogP contribution >= 0.6 is 0 Å². The number of rotatable bonds is 6. The molecular weight excluding hydrogens is 350 g/mol. The number of carbonyl (C=O) groups is 1. The minimum absolute atomic E-state index is 0.117. The number of hydrogen-bond donors (Lipinski definition) is 1. The minimum Gasteiger partial charge on any atom is -0.376 e. The fourth-order valence-electron chi connectivity index (χ4n) is 3.63. The summed E-state index contributed by atoms with van der Waals surface area (Å²) in [6.45, 7) is 8.12. The highest BCUT2D eigenvalue weighted by molar-refractivity contribution is 6.01. The average molecular weight is 377 g/mol. The van der Waals surface area contributed by atoms with E-state index in [-0.39, 0.29) is 17.6 Å². The number of carbonyl (C=O) groups excluding carboxylic acids is 1. The second-order valence-electron chi connectivity index (χ2n) is 7.35. The molecule has 5 heteroatoms. The first-order chi connectivity index (χ1) is 13.5. The van der Waals surface area contributed by atoms with Crippen molar-refractivity contribution in [1.82, 2.24) is 9.88 Å². The second-order valence-corrected chi connectivity index (χ2v) is 7.35. The Kier molecular flexibility index (Phi) is 6.33. The topological polar surface area (TPSA) is 67.0 Å². The zero-order valence-corrected chi connectivity index (χ0v) is 16.8. The van der Waals surface area contributed by atoms with E-state index in [4.69, 9.17) is 4.74 Å². The van der Waals surface area contributed by atoms with Crippen LogP contribution in [-0.4, -0.2) is 23.2 Å². The molecule has 1 saturated heterocycles. The van der Waals surface area contributed by atoms with E-state index in [1.54, 1.807) is 6.08 Å². The Bertz CT molecular complexity index is 928. The lowest BCUT2D eigenvalue weighted by Gasteiger charge is -2.14. The third kappa shape index (κ3) is 4.52. The van der Waals surface area contributed by atoms with Crippen molar-refractivity contribution in [2.75, 3.05) is 6.61 Å². The predicted octanol–water partition coefficient (Wildman–Crippen LogP) is 3.82. The third-order valence-corrected chi connectivity index (χ3v) is 5.39. The average Bonchev–Trinajstić information content (AvgIpc) is 3.29. The highest BCUT2D eigenvalue weighted by Crippen LogP contribution is 2.22. The van der Waals surface area contributed by atoms with Gasteiger partial charge in [0.1, 0.15) is 11.6 Å². The number of aromatic nitrogens is 1. The lowest BCUT2D eigenvalue weighted by atomic mass is 10.1. The van der Waals surface area contributed by atoms with E-state index >= 15 is 0 Å². The number of amides is 1. The molecule has 2 aromatic rings. The number of ether oxygens (including phenoxy) is 1. The molecule has 0 bridgehead atoms. The number of nitrogens with zero attached hydrogens (tertiary/aromatic N) is 2. The summed E-state index contributed by atoms with van der Waals surface area (Å²) in [5.74, 6) is -0.352. The number of benzene rings is 1. The van der Waals surface area contributed by atoms with Crippen LogP contribution in [0.15, 0.2) is 35.9 Å². The molecule has 1 atom stereocenters. The van der Waals surface area contributed by atoms with Gasteiger partial charge in [0.05, 0.1) is 6.10 Å². The van der Waals surface area contributed by atoms with Crippen molar-refractivity contribution in [2.45, 2.75) is 52.8 Å². The van der Waals surface area contributed by atoms with Crippen molar-refractivity contribution in [3.05, 3.63) is 64.0 Å². The first-order valence-corrected chi connectivity index (χ1v) is 9.72. The van der Waals surface area contributed by atoms with E-state index in [0.29, 0.717) is 6.54 Å². The van der Waals surface area contributed by atoms with Gasteiger partial charge in [-0.05, 0) is 62.4 Å². The van der Waals surface area contributed by atoms with Gasteiger partial charge in [-0.15, -0.1) is 0 Å². The van der Waals surface area contributed by atoms with Gasteiger partial charge in [-0.3, -0.25) is 4.79 Å². The lowest BCUT2D eigenvalue weighted by molar-refractivity contribution is -0.117. The van der Waals surface area contributed by atoms with Crippen molar-refractivity contribution in [1.29, 1.82) is 5.26 Å². The molecule has 5 nitrogen and oxygen atoms in total. The monoisotopic (exact) mass is 377 g/mol. The van der Waals surface area contributed by atoms with Gasteiger partial charge < -0.3 is 14.6 Å². The molecule has 1 amide bonds. The Labute approximate surface area is 166 Å². The van der Waals surface area contributed by atoms with Crippen LogP contribution in [0.3, 0.4) is 0 Å². The number of nitriles is 1. The van der Waals surface area contributed by atoms with Crippen molar-refractivity contribution in [3.8, 4) is 6.07 Å². The molecular formula is C23H27N3O2. The molecule has 0 spiro atoms. The highest BCUT2D eigenvalue weighted by atomic mass is 16.5. The Morgan fingerprint density at radius 2 is 2.14 bits per heavy atom. The summed E-state index contributed by atoms with van der Waals surface area (Å²) in [6.07, 6.45) is 4.11. The molecule has 1 aromatic heterocycles. The number of aryl methyl sites for hydroxylation is 2. The summed E-state index contributed by atoms with van der Waals surface area (Å²) in [5.41, 5.74) is 5.33. The van der Waals surface area contributed by atoms with Crippen LogP contribution in [0, 0.1) is 32.1 Å². The molecule has 0 saturated carbocycles. The quantitative estimate of drug-likeness (QED) is 0.615. The lowest BCUT2D eigenvalue weighted by Crippen LogP contribution is -2.24. The maximum Gasteiger partial charge on any atom is 0.262 e. The predicted molar refractivity (Wildman–Crippen MR) is 109 cm³/mol. The zero-order valence-electron chi connectivity index (χ0n) is 16.8. The second kappa shape index (κ2) is 8.90. The smallest absolute Gasteiger partial charge is 0.262 e. The molecule has 1 aromatic carbocycles. The summed E-state index contributed by atoms with van der Waals surface area (Å²) in [4.78, 5) is 12.5. The van der Waals surface area contributed by atoms with E-state index in [9.17, 15) is 10.1 Å². The Morgan fingerprint density at radius 3 is 2.82 bits per heavy atom. The molecule has 0 aliphatic carbocycles. The molecule has 0 radical (unpaired) electrons. The molecule has 28 heavy (non-hydrogen) atoms. The summed E-state index contributed by atoms with van der Waals surface area (Å²) >= 11 is 0. The maximum atomic E-state index is 12.5. The largest absolute Gasteiger partial charge is 0.376 e. The van der Waals surface area contributed by atoms with Crippen LogP contribution in [0.25, 0.3) is 6.08 Å². The van der Waals surface area contributed by atoms with E-state index in [0.717, 1.165) is 54.1 Å². The van der Waals surface area contributed by atoms with Gasteiger partial charge in [-0.25, -0.2) is 0 Å². The molecule has 1 aliphatic rings. The van der Waals surface area contributed by atoms with Crippen molar-refractivity contribution in [2.24, 2.45) is 0 Å². The summed E-state index contributed by atoms with van der Waals surface area (Å²) < 4.78 is 7.96. The summed E-state index contributed by atoms with van der Waals surface area (Å²) in [5, 5.41) is 12.4. The fraction of sp³-hybridized carbons (Fsp3) is 0.391. The van der Waals surface area contributed by atoms with Gasteiger partial charge in [0.25, 0.3) is 5.91 Å². The molecule has 1 N–H and O–H groups in total. The van der Waals surface area contributed by atoms with Gasteiger partial charge in [-0.1, -0.05) is 24.3 Å². The van der Waals surface area contributed by atoms with Crippen molar-refractivity contribution >= 4 is 12.0 Å². The Hall–Kier alpha value is -2.84. The fourth-order valence-corrected chi connectivity index (χ4v) is 3.63. The maximum absolute atomic E-state index is 12.5. The van der Waals surface area contributed by atoms with E-state index in [2.05, 4.69) is 9.88 Å². The van der Waals surface area contributed by atoms with Gasteiger partial charge in [0.2, 0.25) is 0 Å². The van der Waals surface area contributed by atoms with E-state index < -0.39 is 0 Å². The molecule has 1 aliphatic heterocycles. The number of hydrogen-bond acceptors (Lipinski definition) is 3. The Balaban J connectivity index is 1.74. The van der Waals surface area contributed by atoms with E-state index in [1.165, 1.54) is 0 Å². The van der Waals surface area contributed by atoms with Crippen LogP contribution in [0.5, 0.6) is 0 Å². The van der Waals surface area contributed by atoms with Crippen molar-refractivity contribution < 1.29 is 9.53 Å². The van der Waals surface area contributed by atoms with Gasteiger partial charge in [-0.2, -0.15) is 5.26 Å². The SMILES string of the molecule is Cc1ccccc1CNC(=O)/C(C#N)=C/c1cc(C)n(CC2CCCO2)c1C. The van der Waals surface area contributed by atoms with Crippen LogP contribution in [0.2, 0.25) is 0 Å². The third-order valence-electron chi connectivity index (χ3n) is 5.39.